The van der Waals surface area contributed by atoms with Crippen molar-refractivity contribution < 1.29 is 9.26 Å². The third-order valence-corrected chi connectivity index (χ3v) is 6.78. The van der Waals surface area contributed by atoms with E-state index in [-0.39, 0.29) is 0 Å². The van der Waals surface area contributed by atoms with Crippen LogP contribution in [0.15, 0.2) is 28.8 Å². The molecule has 27 heavy (non-hydrogen) atoms. The second kappa shape index (κ2) is 6.91. The maximum atomic E-state index is 5.52. The number of aromatic nitrogens is 2. The van der Waals surface area contributed by atoms with Crippen molar-refractivity contribution in [3.63, 3.8) is 0 Å². The number of nitrogens with zero attached hydrogens (tertiary/aromatic N) is 4. The highest BCUT2D eigenvalue weighted by Crippen LogP contribution is 2.47. The average molecular weight is 368 g/mol. The van der Waals surface area contributed by atoms with E-state index >= 15 is 0 Å². The smallest absolute Gasteiger partial charge is 0.240 e. The van der Waals surface area contributed by atoms with E-state index in [1.165, 1.54) is 31.5 Å². The van der Waals surface area contributed by atoms with Crippen molar-refractivity contribution in [2.75, 3.05) is 26.7 Å². The second-order valence-electron chi connectivity index (χ2n) is 8.13. The summed E-state index contributed by atoms with van der Waals surface area (Å²) in [7, 11) is 1.75. The number of aryl methyl sites for hydroxylation is 1. The van der Waals surface area contributed by atoms with Gasteiger partial charge in [0.2, 0.25) is 5.89 Å². The molecule has 2 bridgehead atoms. The first-order valence-electron chi connectivity index (χ1n) is 10.2. The van der Waals surface area contributed by atoms with Crippen LogP contribution in [0, 0.1) is 5.92 Å². The Hall–Kier alpha value is -1.92. The molecule has 0 N–H and O–H groups in total. The highest BCUT2D eigenvalue weighted by atomic mass is 16.5. The lowest BCUT2D eigenvalue weighted by molar-refractivity contribution is -0.0109. The average Bonchev–Trinajstić information content (AvgIpc) is 3.35. The second-order valence-corrected chi connectivity index (χ2v) is 8.13. The summed E-state index contributed by atoms with van der Waals surface area (Å²) in [5.41, 5.74) is 1.39. The number of ether oxygens (including phenoxy) is 1. The topological polar surface area (TPSA) is 54.6 Å². The normalized spacial score (nSPS) is 32.6. The summed E-state index contributed by atoms with van der Waals surface area (Å²) in [5, 5.41) is 4.09. The van der Waals surface area contributed by atoms with Gasteiger partial charge in [-0.15, -0.1) is 0 Å². The molecule has 0 spiro atoms. The van der Waals surface area contributed by atoms with E-state index in [4.69, 9.17) is 9.26 Å². The number of hydrogen-bond donors (Lipinski definition) is 0. The van der Waals surface area contributed by atoms with E-state index < -0.39 is 0 Å². The molecule has 6 rings (SSSR count). The van der Waals surface area contributed by atoms with Crippen molar-refractivity contribution in [3.8, 4) is 5.75 Å². The largest absolute Gasteiger partial charge is 0.497 e. The van der Waals surface area contributed by atoms with E-state index in [9.17, 15) is 0 Å². The molecule has 6 nitrogen and oxygen atoms in total. The van der Waals surface area contributed by atoms with Crippen LogP contribution in [0.4, 0.5) is 0 Å². The Labute approximate surface area is 160 Å². The van der Waals surface area contributed by atoms with E-state index in [1.54, 1.807) is 7.11 Å². The minimum Gasteiger partial charge on any atom is -0.497 e. The summed E-state index contributed by atoms with van der Waals surface area (Å²) in [4.78, 5) is 9.90. The van der Waals surface area contributed by atoms with Gasteiger partial charge in [-0.2, -0.15) is 4.98 Å². The molecule has 6 heteroatoms. The van der Waals surface area contributed by atoms with Crippen molar-refractivity contribution in [2.24, 2.45) is 5.92 Å². The lowest BCUT2D eigenvalue weighted by Gasteiger charge is -2.51. The molecule has 1 aromatic carbocycles. The molecule has 4 saturated heterocycles. The number of piperidine rings is 3. The van der Waals surface area contributed by atoms with Crippen LogP contribution in [-0.4, -0.2) is 58.8 Å². The van der Waals surface area contributed by atoms with Gasteiger partial charge in [0, 0.05) is 31.0 Å². The van der Waals surface area contributed by atoms with Crippen molar-refractivity contribution in [1.82, 2.24) is 19.9 Å². The van der Waals surface area contributed by atoms with Crippen LogP contribution in [0.1, 0.15) is 43.0 Å². The Kier molecular flexibility index (Phi) is 4.40. The molecule has 0 unspecified atom stereocenters. The number of methoxy groups -OCH3 is 1. The monoisotopic (exact) mass is 368 g/mol. The first-order chi connectivity index (χ1) is 13.3. The van der Waals surface area contributed by atoms with E-state index in [0.29, 0.717) is 18.0 Å². The summed E-state index contributed by atoms with van der Waals surface area (Å²) >= 11 is 0. The van der Waals surface area contributed by atoms with Crippen LogP contribution >= 0.6 is 0 Å². The Bertz CT molecular complexity index is 799. The maximum absolute atomic E-state index is 5.52. The maximum Gasteiger partial charge on any atom is 0.240 e. The van der Waals surface area contributed by atoms with Gasteiger partial charge in [-0.1, -0.05) is 24.2 Å². The van der Waals surface area contributed by atoms with E-state index in [0.717, 1.165) is 42.9 Å². The van der Waals surface area contributed by atoms with Crippen molar-refractivity contribution in [1.29, 1.82) is 0 Å². The Morgan fingerprint density at radius 3 is 2.81 bits per heavy atom. The lowest BCUT2D eigenvalue weighted by atomic mass is 9.75. The fraction of sp³-hybridized carbons (Fsp3) is 0.619. The Morgan fingerprint density at radius 2 is 2.07 bits per heavy atom. The fourth-order valence-electron chi connectivity index (χ4n) is 5.56. The van der Waals surface area contributed by atoms with Crippen LogP contribution in [0.25, 0.3) is 0 Å². The molecule has 4 fully saturated rings. The Morgan fingerprint density at radius 1 is 1.22 bits per heavy atom. The van der Waals surface area contributed by atoms with Gasteiger partial charge < -0.3 is 9.26 Å². The van der Waals surface area contributed by atoms with Crippen molar-refractivity contribution >= 4 is 0 Å². The number of rotatable bonds is 5. The van der Waals surface area contributed by atoms with Crippen molar-refractivity contribution in [2.45, 2.75) is 50.7 Å². The first-order valence-corrected chi connectivity index (χ1v) is 10.2. The van der Waals surface area contributed by atoms with Gasteiger partial charge in [0.15, 0.2) is 5.82 Å². The summed E-state index contributed by atoms with van der Waals surface area (Å²) in [6.45, 7) is 6.34. The van der Waals surface area contributed by atoms with E-state index in [2.05, 4.69) is 45.1 Å². The van der Waals surface area contributed by atoms with Crippen LogP contribution in [0.2, 0.25) is 0 Å². The predicted octanol–water partition coefficient (Wildman–Crippen LogP) is 2.70. The zero-order valence-corrected chi connectivity index (χ0v) is 16.2. The zero-order chi connectivity index (χ0) is 18.4. The van der Waals surface area contributed by atoms with Gasteiger partial charge in [0.05, 0.1) is 13.7 Å². The minimum absolute atomic E-state index is 0.502. The van der Waals surface area contributed by atoms with Gasteiger partial charge in [-0.05, 0) is 49.5 Å². The van der Waals surface area contributed by atoms with Gasteiger partial charge in [0.25, 0.3) is 0 Å². The molecule has 0 saturated carbocycles. The molecule has 0 amide bonds. The van der Waals surface area contributed by atoms with Crippen molar-refractivity contribution in [3.05, 3.63) is 41.5 Å². The number of benzene rings is 1. The number of likely N-dealkylation sites (tertiary alicyclic amines) is 1. The van der Waals surface area contributed by atoms with Gasteiger partial charge in [-0.25, -0.2) is 0 Å². The quantitative estimate of drug-likeness (QED) is 0.809. The third kappa shape index (κ3) is 2.95. The third-order valence-electron chi connectivity index (χ3n) is 6.78. The summed E-state index contributed by atoms with van der Waals surface area (Å²) in [6, 6.07) is 9.80. The number of hydrogen-bond acceptors (Lipinski definition) is 6. The molecule has 1 aromatic heterocycles. The molecule has 4 aliphatic heterocycles. The van der Waals surface area contributed by atoms with Gasteiger partial charge in [-0.3, -0.25) is 9.80 Å². The summed E-state index contributed by atoms with van der Waals surface area (Å²) in [6.07, 6.45) is 3.44. The fourth-order valence-corrected chi connectivity index (χ4v) is 5.56. The molecular formula is C21H28N4O2. The highest BCUT2D eigenvalue weighted by Gasteiger charge is 2.53. The standard InChI is InChI=1S/C21H28N4O2/c1-3-18-22-19(27-23-18)13-25-12-17(15-5-4-6-16(11-15)26-2)21-20(25)14-7-9-24(21)10-8-14/h4-6,11,14,17,20-21H,3,7-10,12-13H2,1-2H3/t17-,20-,21-/m1/s1. The molecule has 2 aromatic rings. The molecule has 0 aliphatic carbocycles. The van der Waals surface area contributed by atoms with E-state index in [1.807, 2.05) is 6.07 Å². The minimum atomic E-state index is 0.502. The first kappa shape index (κ1) is 17.2. The molecule has 4 aliphatic rings. The van der Waals surface area contributed by atoms with Gasteiger partial charge in [0.1, 0.15) is 5.75 Å². The number of fused-ring (bicyclic) bond motifs is 2. The lowest BCUT2D eigenvalue weighted by Crippen LogP contribution is -2.60. The molecule has 3 atom stereocenters. The van der Waals surface area contributed by atoms with Gasteiger partial charge >= 0.3 is 0 Å². The zero-order valence-electron chi connectivity index (χ0n) is 16.2. The molecular weight excluding hydrogens is 340 g/mol. The summed E-state index contributed by atoms with van der Waals surface area (Å²) < 4.78 is 11.0. The highest BCUT2D eigenvalue weighted by molar-refractivity contribution is 5.34. The molecule has 144 valence electrons. The van der Waals surface area contributed by atoms with Crippen LogP contribution in [0.3, 0.4) is 0 Å². The summed E-state index contributed by atoms with van der Waals surface area (Å²) in [5.74, 6) is 3.79. The Balaban J connectivity index is 1.46. The van der Waals surface area contributed by atoms with Crippen LogP contribution in [0.5, 0.6) is 5.75 Å². The molecule has 5 heterocycles. The SMILES string of the molecule is CCc1noc(CN2C[C@H](c3cccc(OC)c3)[C@@H]3[C@H]2C2CCN3CC2)n1. The molecule has 0 radical (unpaired) electrons. The van der Waals surface area contributed by atoms with Crippen LogP contribution < -0.4 is 4.74 Å². The predicted molar refractivity (Wildman–Crippen MR) is 102 cm³/mol. The van der Waals surface area contributed by atoms with Crippen LogP contribution in [-0.2, 0) is 13.0 Å².